The van der Waals surface area contributed by atoms with E-state index in [-0.39, 0.29) is 11.7 Å². The van der Waals surface area contributed by atoms with E-state index in [1.54, 1.807) is 4.90 Å². The number of carbonyl (C=O) groups excluding carboxylic acids is 1. The molecule has 1 fully saturated rings. The molecule has 0 N–H and O–H groups in total. The van der Waals surface area contributed by atoms with Crippen LogP contribution >= 0.6 is 0 Å². The Bertz CT molecular complexity index is 830. The van der Waals surface area contributed by atoms with Gasteiger partial charge >= 0.3 is 6.36 Å². The number of rotatable bonds is 3. The van der Waals surface area contributed by atoms with E-state index in [4.69, 9.17) is 0 Å². The monoisotopic (exact) mass is 376 g/mol. The van der Waals surface area contributed by atoms with Gasteiger partial charge in [-0.15, -0.1) is 13.2 Å². The Hall–Kier alpha value is -2.54. The Kier molecular flexibility index (Phi) is 4.55. The van der Waals surface area contributed by atoms with E-state index in [0.29, 0.717) is 24.7 Å². The fourth-order valence-electron chi connectivity index (χ4n) is 3.66. The molecule has 0 atom stereocenters. The van der Waals surface area contributed by atoms with Crippen LogP contribution in [0.5, 0.6) is 5.75 Å². The Balaban J connectivity index is 1.32. The lowest BCUT2D eigenvalue weighted by molar-refractivity contribution is -0.274. The summed E-state index contributed by atoms with van der Waals surface area (Å²) in [7, 11) is 0. The summed E-state index contributed by atoms with van der Waals surface area (Å²) in [6.07, 6.45) is -3.72. The second-order valence-corrected chi connectivity index (χ2v) is 6.93. The van der Waals surface area contributed by atoms with Crippen molar-refractivity contribution in [3.63, 3.8) is 0 Å². The van der Waals surface area contributed by atoms with Gasteiger partial charge in [-0.3, -0.25) is 9.69 Å². The van der Waals surface area contributed by atoms with Crippen LogP contribution in [-0.4, -0.2) is 47.7 Å². The molecule has 4 rings (SSSR count). The van der Waals surface area contributed by atoms with Crippen molar-refractivity contribution in [3.05, 3.63) is 65.2 Å². The standard InChI is InChI=1S/C20H19F3N2O2/c21-20(22,23)27-18-7-5-15(6-8-18)19(26)25-12-17(13-25)24-10-9-14-3-1-2-4-16(14)11-24/h1-8,17H,9-13H2. The maximum atomic E-state index is 12.5. The number of amides is 1. The number of hydrogen-bond donors (Lipinski definition) is 0. The maximum absolute atomic E-state index is 12.5. The van der Waals surface area contributed by atoms with Gasteiger partial charge in [-0.2, -0.15) is 0 Å². The average molecular weight is 376 g/mol. The van der Waals surface area contributed by atoms with Gasteiger partial charge in [0.25, 0.3) is 5.91 Å². The molecule has 2 aliphatic rings. The van der Waals surface area contributed by atoms with E-state index in [9.17, 15) is 18.0 Å². The fraction of sp³-hybridized carbons (Fsp3) is 0.350. The summed E-state index contributed by atoms with van der Waals surface area (Å²) >= 11 is 0. The first kappa shape index (κ1) is 17.9. The predicted octanol–water partition coefficient (Wildman–Crippen LogP) is 3.47. The van der Waals surface area contributed by atoms with Crippen LogP contribution in [0.15, 0.2) is 48.5 Å². The summed E-state index contributed by atoms with van der Waals surface area (Å²) in [6, 6.07) is 13.8. The molecule has 0 bridgehead atoms. The van der Waals surface area contributed by atoms with Crippen LogP contribution in [0.3, 0.4) is 0 Å². The minimum absolute atomic E-state index is 0.165. The van der Waals surface area contributed by atoms with E-state index in [1.807, 2.05) is 6.07 Å². The summed E-state index contributed by atoms with van der Waals surface area (Å²) < 4.78 is 40.4. The molecule has 1 amide bonds. The van der Waals surface area contributed by atoms with Crippen LogP contribution in [0, 0.1) is 0 Å². The molecular formula is C20H19F3N2O2. The first-order valence-corrected chi connectivity index (χ1v) is 8.85. The fourth-order valence-corrected chi connectivity index (χ4v) is 3.66. The van der Waals surface area contributed by atoms with Crippen molar-refractivity contribution >= 4 is 5.91 Å². The second kappa shape index (κ2) is 6.88. The average Bonchev–Trinajstić information content (AvgIpc) is 2.59. The topological polar surface area (TPSA) is 32.8 Å². The number of likely N-dealkylation sites (tertiary alicyclic amines) is 1. The van der Waals surface area contributed by atoms with Crippen molar-refractivity contribution in [1.29, 1.82) is 0 Å². The normalized spacial score (nSPS) is 18.0. The Morgan fingerprint density at radius 1 is 1.00 bits per heavy atom. The Morgan fingerprint density at radius 3 is 2.33 bits per heavy atom. The molecule has 0 unspecified atom stereocenters. The lowest BCUT2D eigenvalue weighted by Gasteiger charge is -2.47. The first-order valence-electron chi connectivity index (χ1n) is 8.85. The molecule has 142 valence electrons. The number of benzene rings is 2. The third kappa shape index (κ3) is 3.93. The summed E-state index contributed by atoms with van der Waals surface area (Å²) in [6.45, 7) is 3.16. The van der Waals surface area contributed by atoms with E-state index in [1.165, 1.54) is 35.4 Å². The lowest BCUT2D eigenvalue weighted by Crippen LogP contribution is -2.61. The number of ether oxygens (including phenoxy) is 1. The van der Waals surface area contributed by atoms with Crippen LogP contribution in [0.1, 0.15) is 21.5 Å². The predicted molar refractivity (Wildman–Crippen MR) is 93.4 cm³/mol. The number of fused-ring (bicyclic) bond motifs is 1. The van der Waals surface area contributed by atoms with E-state index in [2.05, 4.69) is 27.8 Å². The zero-order chi connectivity index (χ0) is 19.0. The number of carbonyl (C=O) groups is 1. The van der Waals surface area contributed by atoms with Crippen molar-refractivity contribution < 1.29 is 22.7 Å². The molecule has 0 aromatic heterocycles. The molecule has 27 heavy (non-hydrogen) atoms. The molecule has 2 aromatic rings. The van der Waals surface area contributed by atoms with Crippen LogP contribution in [0.25, 0.3) is 0 Å². The van der Waals surface area contributed by atoms with Gasteiger partial charge < -0.3 is 9.64 Å². The highest BCUT2D eigenvalue weighted by atomic mass is 19.4. The van der Waals surface area contributed by atoms with Crippen LogP contribution in [-0.2, 0) is 13.0 Å². The number of halogens is 3. The summed E-state index contributed by atoms with van der Waals surface area (Å²) in [5.41, 5.74) is 3.10. The van der Waals surface area contributed by atoms with Gasteiger partial charge in [0.1, 0.15) is 5.75 Å². The summed E-state index contributed by atoms with van der Waals surface area (Å²) in [5.74, 6) is -0.491. The third-order valence-corrected chi connectivity index (χ3v) is 5.16. The number of nitrogens with zero attached hydrogens (tertiary/aromatic N) is 2. The minimum atomic E-state index is -4.73. The van der Waals surface area contributed by atoms with Gasteiger partial charge in [-0.05, 0) is 41.8 Å². The molecule has 2 heterocycles. The zero-order valence-electron chi connectivity index (χ0n) is 14.6. The maximum Gasteiger partial charge on any atom is 0.573 e. The molecule has 0 radical (unpaired) electrons. The Morgan fingerprint density at radius 2 is 1.67 bits per heavy atom. The van der Waals surface area contributed by atoms with Crippen molar-refractivity contribution in [2.24, 2.45) is 0 Å². The highest BCUT2D eigenvalue weighted by Gasteiger charge is 2.36. The molecule has 2 aromatic carbocycles. The molecular weight excluding hydrogens is 357 g/mol. The van der Waals surface area contributed by atoms with Gasteiger partial charge in [0, 0.05) is 37.8 Å². The van der Waals surface area contributed by atoms with Crippen LogP contribution in [0.2, 0.25) is 0 Å². The third-order valence-electron chi connectivity index (χ3n) is 5.16. The van der Waals surface area contributed by atoms with Gasteiger partial charge in [-0.25, -0.2) is 0 Å². The smallest absolute Gasteiger partial charge is 0.406 e. The quantitative estimate of drug-likeness (QED) is 0.823. The van der Waals surface area contributed by atoms with Gasteiger partial charge in [-0.1, -0.05) is 24.3 Å². The van der Waals surface area contributed by atoms with E-state index in [0.717, 1.165) is 19.5 Å². The molecule has 1 saturated heterocycles. The summed E-state index contributed by atoms with van der Waals surface area (Å²) in [5, 5.41) is 0. The molecule has 0 aliphatic carbocycles. The van der Waals surface area contributed by atoms with Gasteiger partial charge in [0.2, 0.25) is 0 Å². The van der Waals surface area contributed by atoms with Gasteiger partial charge in [0.05, 0.1) is 0 Å². The van der Waals surface area contributed by atoms with Crippen molar-refractivity contribution in [3.8, 4) is 5.75 Å². The molecule has 0 saturated carbocycles. The van der Waals surface area contributed by atoms with E-state index < -0.39 is 6.36 Å². The van der Waals surface area contributed by atoms with Crippen LogP contribution < -0.4 is 4.74 Å². The van der Waals surface area contributed by atoms with Crippen molar-refractivity contribution in [2.75, 3.05) is 19.6 Å². The SMILES string of the molecule is O=C(c1ccc(OC(F)(F)F)cc1)N1CC(N2CCc3ccccc3C2)C1. The molecule has 4 nitrogen and oxygen atoms in total. The largest absolute Gasteiger partial charge is 0.573 e. The minimum Gasteiger partial charge on any atom is -0.406 e. The second-order valence-electron chi connectivity index (χ2n) is 6.93. The highest BCUT2D eigenvalue weighted by molar-refractivity contribution is 5.95. The molecule has 0 spiro atoms. The van der Waals surface area contributed by atoms with Crippen molar-refractivity contribution in [2.45, 2.75) is 25.4 Å². The van der Waals surface area contributed by atoms with Crippen molar-refractivity contribution in [1.82, 2.24) is 9.80 Å². The lowest BCUT2D eigenvalue weighted by atomic mass is 9.96. The Labute approximate surface area is 155 Å². The zero-order valence-corrected chi connectivity index (χ0v) is 14.6. The molecule has 7 heteroatoms. The number of hydrogen-bond acceptors (Lipinski definition) is 3. The molecule has 2 aliphatic heterocycles. The highest BCUT2D eigenvalue weighted by Crippen LogP contribution is 2.26. The van der Waals surface area contributed by atoms with Gasteiger partial charge in [0.15, 0.2) is 0 Å². The van der Waals surface area contributed by atoms with Crippen LogP contribution in [0.4, 0.5) is 13.2 Å². The summed E-state index contributed by atoms with van der Waals surface area (Å²) in [4.78, 5) is 16.6. The van der Waals surface area contributed by atoms with E-state index >= 15 is 0 Å². The number of alkyl halides is 3. The first-order chi connectivity index (χ1) is 12.9.